The number of fused-ring (bicyclic) bond motifs is 1. The molecular formula is C10H11N4O4+. The highest BCUT2D eigenvalue weighted by Crippen LogP contribution is 2.33. The highest BCUT2D eigenvalue weighted by Gasteiger charge is 2.32. The monoisotopic (exact) mass is 251 g/mol. The van der Waals surface area contributed by atoms with E-state index in [0.29, 0.717) is 11.0 Å². The Morgan fingerprint density at radius 2 is 1.89 bits per heavy atom. The molecule has 94 valence electrons. The number of benzene rings is 1. The standard InChI is InChI=1S/C10H11N4O4/c1-6-7(13(15)16)4-8-10(9(6)14(17)18)12(3)5-11(8)2/h4-5H,1-3H3/q+1. The van der Waals surface area contributed by atoms with Crippen molar-refractivity contribution < 1.29 is 14.4 Å². The number of imidazole rings is 1. The predicted molar refractivity (Wildman–Crippen MR) is 62.1 cm³/mol. The number of aryl methyl sites for hydroxylation is 2. The molecule has 0 saturated heterocycles. The number of nitro groups is 2. The van der Waals surface area contributed by atoms with Gasteiger partial charge in [0.2, 0.25) is 6.33 Å². The summed E-state index contributed by atoms with van der Waals surface area (Å²) in [6.07, 6.45) is 1.64. The third-order valence-corrected chi connectivity index (χ3v) is 2.94. The Bertz CT molecular complexity index is 689. The third-order valence-electron chi connectivity index (χ3n) is 2.94. The number of nitro benzene ring substituents is 2. The van der Waals surface area contributed by atoms with Crippen LogP contribution in [0.15, 0.2) is 12.4 Å². The second-order valence-corrected chi connectivity index (χ2v) is 4.09. The van der Waals surface area contributed by atoms with E-state index < -0.39 is 9.85 Å². The molecule has 18 heavy (non-hydrogen) atoms. The molecule has 0 saturated carbocycles. The second kappa shape index (κ2) is 3.76. The lowest BCUT2D eigenvalue weighted by Gasteiger charge is -1.99. The van der Waals surface area contributed by atoms with Crippen molar-refractivity contribution in [3.8, 4) is 0 Å². The van der Waals surface area contributed by atoms with E-state index in [1.807, 2.05) is 0 Å². The van der Waals surface area contributed by atoms with E-state index in [0.717, 1.165) is 0 Å². The molecule has 8 heteroatoms. The molecule has 2 aromatic rings. The van der Waals surface area contributed by atoms with E-state index in [1.165, 1.54) is 13.0 Å². The van der Waals surface area contributed by atoms with Gasteiger partial charge in [0.15, 0.2) is 5.52 Å². The average Bonchev–Trinajstić information content (AvgIpc) is 2.52. The molecule has 1 aromatic heterocycles. The van der Waals surface area contributed by atoms with Gasteiger partial charge in [0.25, 0.3) is 11.2 Å². The Kier molecular flexibility index (Phi) is 2.50. The highest BCUT2D eigenvalue weighted by atomic mass is 16.6. The zero-order valence-corrected chi connectivity index (χ0v) is 10.1. The summed E-state index contributed by atoms with van der Waals surface area (Å²) in [6, 6.07) is 1.36. The average molecular weight is 251 g/mol. The van der Waals surface area contributed by atoms with Gasteiger partial charge in [0.05, 0.1) is 30.0 Å². The van der Waals surface area contributed by atoms with Crippen LogP contribution in [0.2, 0.25) is 0 Å². The summed E-state index contributed by atoms with van der Waals surface area (Å²) < 4.78 is 3.21. The molecule has 0 bridgehead atoms. The van der Waals surface area contributed by atoms with Crippen LogP contribution in [0.1, 0.15) is 5.56 Å². The Morgan fingerprint density at radius 1 is 1.28 bits per heavy atom. The van der Waals surface area contributed by atoms with Crippen molar-refractivity contribution >= 4 is 22.4 Å². The van der Waals surface area contributed by atoms with Crippen molar-refractivity contribution in [2.24, 2.45) is 14.1 Å². The topological polar surface area (TPSA) is 95.1 Å². The normalized spacial score (nSPS) is 10.8. The molecule has 0 spiro atoms. The Hall–Kier alpha value is -2.51. The molecule has 1 aromatic carbocycles. The minimum Gasteiger partial charge on any atom is -0.258 e. The molecule has 8 nitrogen and oxygen atoms in total. The summed E-state index contributed by atoms with van der Waals surface area (Å²) in [6.45, 7) is 1.39. The maximum Gasteiger partial charge on any atom is 0.329 e. The molecule has 0 unspecified atom stereocenters. The van der Waals surface area contributed by atoms with Crippen LogP contribution in [0, 0.1) is 27.2 Å². The maximum absolute atomic E-state index is 11.1. The quantitative estimate of drug-likeness (QED) is 0.454. The molecule has 0 fully saturated rings. The first-order chi connectivity index (χ1) is 8.34. The Morgan fingerprint density at radius 3 is 2.39 bits per heavy atom. The lowest BCUT2D eigenvalue weighted by atomic mass is 10.1. The Balaban J connectivity index is 3.04. The van der Waals surface area contributed by atoms with Gasteiger partial charge in [-0.2, -0.15) is 0 Å². The number of hydrogen-bond donors (Lipinski definition) is 0. The molecule has 0 atom stereocenters. The van der Waals surface area contributed by atoms with Crippen LogP contribution in [-0.4, -0.2) is 14.4 Å². The van der Waals surface area contributed by atoms with Crippen LogP contribution in [0.4, 0.5) is 11.4 Å². The number of hydrogen-bond acceptors (Lipinski definition) is 4. The third kappa shape index (κ3) is 1.50. The van der Waals surface area contributed by atoms with Crippen LogP contribution in [-0.2, 0) is 14.1 Å². The highest BCUT2D eigenvalue weighted by molar-refractivity contribution is 5.87. The van der Waals surface area contributed by atoms with Gasteiger partial charge in [-0.3, -0.25) is 20.2 Å². The maximum atomic E-state index is 11.1. The first-order valence-electron chi connectivity index (χ1n) is 5.11. The van der Waals surface area contributed by atoms with Gasteiger partial charge in [0.1, 0.15) is 5.56 Å². The SMILES string of the molecule is Cc1c([N+](=O)[O-])cc2c(c1[N+](=O)[O-])[n+](C)cn2C. The lowest BCUT2D eigenvalue weighted by Crippen LogP contribution is -2.26. The molecule has 1 heterocycles. The van der Waals surface area contributed by atoms with Gasteiger partial charge in [0, 0.05) is 0 Å². The van der Waals surface area contributed by atoms with Crippen LogP contribution < -0.4 is 4.57 Å². The summed E-state index contributed by atoms with van der Waals surface area (Å²) in [7, 11) is 3.35. The molecule has 2 rings (SSSR count). The summed E-state index contributed by atoms with van der Waals surface area (Å²) in [4.78, 5) is 20.9. The van der Waals surface area contributed by atoms with Gasteiger partial charge in [-0.1, -0.05) is 0 Å². The van der Waals surface area contributed by atoms with E-state index in [-0.39, 0.29) is 16.9 Å². The molecule has 0 aliphatic carbocycles. The van der Waals surface area contributed by atoms with Crippen molar-refractivity contribution in [3.05, 3.63) is 38.2 Å². The minimum absolute atomic E-state index is 0.0688. The summed E-state index contributed by atoms with van der Waals surface area (Å²) in [5.74, 6) is 0. The molecule has 0 aliphatic heterocycles. The van der Waals surface area contributed by atoms with Gasteiger partial charge in [-0.15, -0.1) is 0 Å². The van der Waals surface area contributed by atoms with Gasteiger partial charge >= 0.3 is 5.69 Å². The zero-order valence-electron chi connectivity index (χ0n) is 10.1. The van der Waals surface area contributed by atoms with Gasteiger partial charge < -0.3 is 0 Å². The van der Waals surface area contributed by atoms with E-state index >= 15 is 0 Å². The molecule has 0 radical (unpaired) electrons. The number of rotatable bonds is 2. The van der Waals surface area contributed by atoms with E-state index in [4.69, 9.17) is 0 Å². The zero-order chi connectivity index (χ0) is 13.6. The second-order valence-electron chi connectivity index (χ2n) is 4.09. The predicted octanol–water partition coefficient (Wildman–Crippen LogP) is 1.13. The fourth-order valence-corrected chi connectivity index (χ4v) is 2.14. The lowest BCUT2D eigenvalue weighted by molar-refractivity contribution is -0.647. The van der Waals surface area contributed by atoms with Gasteiger partial charge in [-0.25, -0.2) is 9.13 Å². The van der Waals surface area contributed by atoms with E-state index in [1.54, 1.807) is 29.6 Å². The van der Waals surface area contributed by atoms with Crippen LogP contribution in [0.3, 0.4) is 0 Å². The molecule has 0 aliphatic rings. The fraction of sp³-hybridized carbons (Fsp3) is 0.300. The first kappa shape index (κ1) is 12.0. The number of nitrogens with zero attached hydrogens (tertiary/aromatic N) is 4. The van der Waals surface area contributed by atoms with Gasteiger partial charge in [-0.05, 0) is 6.92 Å². The first-order valence-corrected chi connectivity index (χ1v) is 5.11. The smallest absolute Gasteiger partial charge is 0.258 e. The van der Waals surface area contributed by atoms with E-state index in [2.05, 4.69) is 0 Å². The van der Waals surface area contributed by atoms with Crippen LogP contribution in [0.5, 0.6) is 0 Å². The van der Waals surface area contributed by atoms with Crippen LogP contribution in [0.25, 0.3) is 11.0 Å². The summed E-state index contributed by atoms with van der Waals surface area (Å²) in [5.41, 5.74) is 0.449. The fourth-order valence-electron chi connectivity index (χ4n) is 2.14. The minimum atomic E-state index is -0.602. The number of aromatic nitrogens is 2. The van der Waals surface area contributed by atoms with Crippen molar-refractivity contribution in [2.45, 2.75) is 6.92 Å². The van der Waals surface area contributed by atoms with Crippen molar-refractivity contribution in [1.29, 1.82) is 0 Å². The Labute approximate surface area is 101 Å². The molecule has 0 amide bonds. The van der Waals surface area contributed by atoms with Crippen molar-refractivity contribution in [1.82, 2.24) is 4.57 Å². The molecular weight excluding hydrogens is 240 g/mol. The summed E-state index contributed by atoms with van der Waals surface area (Å²) in [5, 5.41) is 22.1. The van der Waals surface area contributed by atoms with Crippen molar-refractivity contribution in [3.63, 3.8) is 0 Å². The molecule has 0 N–H and O–H groups in total. The van der Waals surface area contributed by atoms with Crippen molar-refractivity contribution in [2.75, 3.05) is 0 Å². The van der Waals surface area contributed by atoms with E-state index in [9.17, 15) is 20.2 Å². The largest absolute Gasteiger partial charge is 0.329 e. The van der Waals surface area contributed by atoms with Crippen LogP contribution >= 0.6 is 0 Å². The summed E-state index contributed by atoms with van der Waals surface area (Å²) >= 11 is 0.